The molecule has 18 heavy (non-hydrogen) atoms. The predicted molar refractivity (Wildman–Crippen MR) is 67.8 cm³/mol. The molecule has 2 aliphatic rings. The van der Waals surface area contributed by atoms with E-state index in [9.17, 15) is 4.79 Å². The average Bonchev–Trinajstić information content (AvgIpc) is 2.86. The number of hydrogen-bond donors (Lipinski definition) is 0. The lowest BCUT2D eigenvalue weighted by molar-refractivity contribution is 0.0584. The third kappa shape index (κ3) is 2.09. The van der Waals surface area contributed by atoms with E-state index in [2.05, 4.69) is 5.10 Å². The zero-order valence-corrected chi connectivity index (χ0v) is 11.1. The van der Waals surface area contributed by atoms with Gasteiger partial charge in [0.2, 0.25) is 0 Å². The molecule has 2 heterocycles. The highest BCUT2D eigenvalue weighted by molar-refractivity contribution is 5.87. The van der Waals surface area contributed by atoms with Gasteiger partial charge in [0.1, 0.15) is 11.4 Å². The van der Waals surface area contributed by atoms with Gasteiger partial charge in [-0.05, 0) is 33.6 Å². The lowest BCUT2D eigenvalue weighted by atomic mass is 10.2. The van der Waals surface area contributed by atoms with Crippen LogP contribution in [0.2, 0.25) is 0 Å². The molecule has 5 nitrogen and oxygen atoms in total. The zero-order valence-electron chi connectivity index (χ0n) is 11.1. The standard InChI is InChI=1S/C13H19N3O2/c1-13(2,3)18-12(17)15-6-7-16-11(15)8-10(14-16)9-4-5-9/h8-9H,4-7H2,1-3H3. The Morgan fingerprint density at radius 1 is 1.39 bits per heavy atom. The third-order valence-corrected chi connectivity index (χ3v) is 3.20. The Morgan fingerprint density at radius 2 is 2.11 bits per heavy atom. The van der Waals surface area contributed by atoms with E-state index in [1.165, 1.54) is 12.8 Å². The van der Waals surface area contributed by atoms with Crippen molar-refractivity contribution in [3.05, 3.63) is 11.8 Å². The fourth-order valence-corrected chi connectivity index (χ4v) is 2.20. The van der Waals surface area contributed by atoms with Crippen LogP contribution in [0.25, 0.3) is 0 Å². The molecule has 0 N–H and O–H groups in total. The normalized spacial score (nSPS) is 18.9. The Morgan fingerprint density at radius 3 is 2.72 bits per heavy atom. The lowest BCUT2D eigenvalue weighted by Gasteiger charge is -2.23. The van der Waals surface area contributed by atoms with Gasteiger partial charge in [-0.3, -0.25) is 4.90 Å². The maximum Gasteiger partial charge on any atom is 0.416 e. The number of rotatable bonds is 1. The van der Waals surface area contributed by atoms with Gasteiger partial charge < -0.3 is 4.74 Å². The summed E-state index contributed by atoms with van der Waals surface area (Å²) < 4.78 is 7.32. The van der Waals surface area contributed by atoms with Crippen LogP contribution in [0.3, 0.4) is 0 Å². The van der Waals surface area contributed by atoms with Crippen LogP contribution in [0.15, 0.2) is 6.07 Å². The minimum atomic E-state index is -0.455. The largest absolute Gasteiger partial charge is 0.443 e. The summed E-state index contributed by atoms with van der Waals surface area (Å²) in [5, 5.41) is 4.55. The summed E-state index contributed by atoms with van der Waals surface area (Å²) >= 11 is 0. The number of amides is 1. The molecule has 0 bridgehead atoms. The van der Waals surface area contributed by atoms with Crippen LogP contribution in [0.5, 0.6) is 0 Å². The Hall–Kier alpha value is -1.52. The molecular formula is C13H19N3O2. The van der Waals surface area contributed by atoms with Crippen LogP contribution < -0.4 is 4.90 Å². The fraction of sp³-hybridized carbons (Fsp3) is 0.692. The number of carbonyl (C=O) groups excluding carboxylic acids is 1. The highest BCUT2D eigenvalue weighted by Crippen LogP contribution is 2.41. The van der Waals surface area contributed by atoms with Gasteiger partial charge in [0, 0.05) is 12.0 Å². The summed E-state index contributed by atoms with van der Waals surface area (Å²) in [6.45, 7) is 7.07. The van der Waals surface area contributed by atoms with Gasteiger partial charge in [0.15, 0.2) is 0 Å². The zero-order chi connectivity index (χ0) is 12.9. The molecule has 1 aliphatic carbocycles. The van der Waals surface area contributed by atoms with Gasteiger partial charge in [0.25, 0.3) is 0 Å². The summed E-state index contributed by atoms with van der Waals surface area (Å²) in [5.41, 5.74) is 0.669. The van der Waals surface area contributed by atoms with Crippen molar-refractivity contribution in [2.75, 3.05) is 11.4 Å². The van der Waals surface area contributed by atoms with E-state index in [-0.39, 0.29) is 6.09 Å². The molecule has 1 aliphatic heterocycles. The third-order valence-electron chi connectivity index (χ3n) is 3.20. The molecule has 1 amide bonds. The van der Waals surface area contributed by atoms with Gasteiger partial charge in [-0.15, -0.1) is 0 Å². The summed E-state index contributed by atoms with van der Waals surface area (Å²) in [5.74, 6) is 1.50. The molecule has 3 rings (SSSR count). The number of aromatic nitrogens is 2. The van der Waals surface area contributed by atoms with Crippen molar-refractivity contribution in [2.45, 2.75) is 51.7 Å². The van der Waals surface area contributed by atoms with Gasteiger partial charge in [0.05, 0.1) is 18.8 Å². The van der Waals surface area contributed by atoms with Gasteiger partial charge in [-0.2, -0.15) is 5.10 Å². The summed E-state index contributed by atoms with van der Waals surface area (Å²) in [4.78, 5) is 13.8. The maximum absolute atomic E-state index is 12.1. The van der Waals surface area contributed by atoms with Crippen molar-refractivity contribution in [3.8, 4) is 0 Å². The van der Waals surface area contributed by atoms with Crippen LogP contribution in [-0.2, 0) is 11.3 Å². The van der Waals surface area contributed by atoms with E-state index in [0.29, 0.717) is 12.5 Å². The molecule has 0 saturated heterocycles. The molecule has 0 atom stereocenters. The predicted octanol–water partition coefficient (Wildman–Crippen LogP) is 2.52. The maximum atomic E-state index is 12.1. The molecule has 1 fully saturated rings. The Labute approximate surface area is 107 Å². The molecule has 0 unspecified atom stereocenters. The second-order valence-corrected chi connectivity index (χ2v) is 6.06. The van der Waals surface area contributed by atoms with Gasteiger partial charge in [-0.25, -0.2) is 9.48 Å². The minimum absolute atomic E-state index is 0.275. The van der Waals surface area contributed by atoms with Crippen molar-refractivity contribution in [1.82, 2.24) is 9.78 Å². The number of anilines is 1. The molecule has 1 aromatic heterocycles. The van der Waals surface area contributed by atoms with Gasteiger partial charge in [-0.1, -0.05) is 0 Å². The van der Waals surface area contributed by atoms with Crippen molar-refractivity contribution in [2.24, 2.45) is 0 Å². The van der Waals surface area contributed by atoms with Crippen molar-refractivity contribution in [3.63, 3.8) is 0 Å². The summed E-state index contributed by atoms with van der Waals surface area (Å²) in [6, 6.07) is 2.04. The first-order valence-corrected chi connectivity index (χ1v) is 6.52. The van der Waals surface area contributed by atoms with E-state index >= 15 is 0 Å². The van der Waals surface area contributed by atoms with Crippen molar-refractivity contribution in [1.29, 1.82) is 0 Å². The SMILES string of the molecule is CC(C)(C)OC(=O)N1CCn2nc(C3CC3)cc21. The van der Waals surface area contributed by atoms with Crippen molar-refractivity contribution >= 4 is 11.9 Å². The van der Waals surface area contributed by atoms with Gasteiger partial charge >= 0.3 is 6.09 Å². The number of ether oxygens (including phenoxy) is 1. The first-order valence-electron chi connectivity index (χ1n) is 6.52. The minimum Gasteiger partial charge on any atom is -0.443 e. The first kappa shape index (κ1) is 11.6. The molecular weight excluding hydrogens is 230 g/mol. The summed E-state index contributed by atoms with van der Waals surface area (Å²) in [6.07, 6.45) is 2.18. The van der Waals surface area contributed by atoms with Crippen molar-refractivity contribution < 1.29 is 9.53 Å². The molecule has 0 spiro atoms. The number of fused-ring (bicyclic) bond motifs is 1. The summed E-state index contributed by atoms with van der Waals surface area (Å²) in [7, 11) is 0. The highest BCUT2D eigenvalue weighted by atomic mass is 16.6. The second kappa shape index (κ2) is 3.73. The molecule has 0 radical (unpaired) electrons. The smallest absolute Gasteiger partial charge is 0.416 e. The monoisotopic (exact) mass is 249 g/mol. The Balaban J connectivity index is 1.78. The lowest BCUT2D eigenvalue weighted by Crippen LogP contribution is -2.35. The van der Waals surface area contributed by atoms with Crippen LogP contribution in [0, 0.1) is 0 Å². The van der Waals surface area contributed by atoms with Crippen LogP contribution in [0.4, 0.5) is 10.6 Å². The Bertz CT molecular complexity index is 483. The van der Waals surface area contributed by atoms with Crippen LogP contribution >= 0.6 is 0 Å². The molecule has 5 heteroatoms. The average molecular weight is 249 g/mol. The molecule has 98 valence electrons. The topological polar surface area (TPSA) is 47.4 Å². The quantitative estimate of drug-likeness (QED) is 0.768. The van der Waals surface area contributed by atoms with E-state index < -0.39 is 5.60 Å². The Kier molecular flexibility index (Phi) is 2.40. The molecule has 0 aromatic carbocycles. The number of carbonyl (C=O) groups is 1. The second-order valence-electron chi connectivity index (χ2n) is 6.06. The van der Waals surface area contributed by atoms with E-state index in [1.807, 2.05) is 31.5 Å². The van der Waals surface area contributed by atoms with E-state index in [0.717, 1.165) is 18.1 Å². The van der Waals surface area contributed by atoms with E-state index in [1.54, 1.807) is 4.90 Å². The molecule has 1 aromatic rings. The highest BCUT2D eigenvalue weighted by Gasteiger charge is 2.34. The van der Waals surface area contributed by atoms with E-state index in [4.69, 9.17) is 4.74 Å². The fourth-order valence-electron chi connectivity index (χ4n) is 2.20. The number of hydrogen-bond acceptors (Lipinski definition) is 3. The molecule has 1 saturated carbocycles. The number of nitrogens with zero attached hydrogens (tertiary/aromatic N) is 3. The van der Waals surface area contributed by atoms with Crippen LogP contribution in [0.1, 0.15) is 45.2 Å². The van der Waals surface area contributed by atoms with Crippen LogP contribution in [-0.4, -0.2) is 28.0 Å². The first-order chi connectivity index (χ1) is 8.44.